The van der Waals surface area contributed by atoms with Crippen LogP contribution in [0.4, 0.5) is 0 Å². The van der Waals surface area contributed by atoms with E-state index in [-0.39, 0.29) is 23.8 Å². The van der Waals surface area contributed by atoms with E-state index in [2.05, 4.69) is 20.5 Å². The quantitative estimate of drug-likeness (QED) is 0.695. The van der Waals surface area contributed by atoms with Crippen molar-refractivity contribution in [2.45, 2.75) is 64.1 Å². The molecule has 1 amide bonds. The van der Waals surface area contributed by atoms with Gasteiger partial charge in [0.2, 0.25) is 5.91 Å². The number of rotatable bonds is 7. The number of nitrogens with zero attached hydrogens (tertiary/aromatic N) is 1. The second kappa shape index (κ2) is 7.97. The summed E-state index contributed by atoms with van der Waals surface area (Å²) in [6.45, 7) is 2.39. The van der Waals surface area contributed by atoms with Gasteiger partial charge in [-0.3, -0.25) is 9.78 Å². The summed E-state index contributed by atoms with van der Waals surface area (Å²) < 4.78 is 5.92. The van der Waals surface area contributed by atoms with Crippen LogP contribution in [0.25, 0.3) is 0 Å². The van der Waals surface area contributed by atoms with Gasteiger partial charge in [-0.05, 0) is 19.3 Å². The predicted octanol–water partition coefficient (Wildman–Crippen LogP) is 0.885. The van der Waals surface area contributed by atoms with Crippen molar-refractivity contribution in [3.8, 4) is 0 Å². The van der Waals surface area contributed by atoms with Crippen molar-refractivity contribution in [2.75, 3.05) is 6.54 Å². The molecule has 0 aromatic carbocycles. The summed E-state index contributed by atoms with van der Waals surface area (Å²) >= 11 is 0. The molecule has 21 heavy (non-hydrogen) atoms. The second-order valence-electron chi connectivity index (χ2n) is 5.46. The Morgan fingerprint density at radius 3 is 2.81 bits per heavy atom. The molecule has 1 aromatic heterocycles. The molecule has 0 spiro atoms. The van der Waals surface area contributed by atoms with Gasteiger partial charge < -0.3 is 10.1 Å². The molecule has 1 heterocycles. The van der Waals surface area contributed by atoms with Gasteiger partial charge in [0.05, 0.1) is 6.10 Å². The SMILES string of the molecule is CC[C@H](OC1CCCCC1)C(=O)NCCc1n[nH]c(=O)[nH]1. The molecule has 0 unspecified atom stereocenters. The van der Waals surface area contributed by atoms with Crippen molar-refractivity contribution in [2.24, 2.45) is 0 Å². The van der Waals surface area contributed by atoms with Crippen LogP contribution < -0.4 is 11.0 Å². The number of carbonyl (C=O) groups is 1. The summed E-state index contributed by atoms with van der Waals surface area (Å²) in [6, 6.07) is 0. The summed E-state index contributed by atoms with van der Waals surface area (Å²) in [5.41, 5.74) is -0.330. The van der Waals surface area contributed by atoms with Gasteiger partial charge in [0.1, 0.15) is 11.9 Å². The zero-order chi connectivity index (χ0) is 15.1. The van der Waals surface area contributed by atoms with Gasteiger partial charge in [0.15, 0.2) is 0 Å². The zero-order valence-corrected chi connectivity index (χ0v) is 12.5. The third kappa shape index (κ3) is 5.00. The number of H-pyrrole nitrogens is 2. The first-order valence-electron chi connectivity index (χ1n) is 7.75. The molecule has 0 bridgehead atoms. The Bertz CT molecular complexity index is 490. The molecule has 7 nitrogen and oxygen atoms in total. The van der Waals surface area contributed by atoms with Crippen LogP contribution in [0, 0.1) is 0 Å². The smallest absolute Gasteiger partial charge is 0.340 e. The molecule has 1 fully saturated rings. The number of nitrogens with one attached hydrogen (secondary N) is 3. The van der Waals surface area contributed by atoms with Crippen molar-refractivity contribution in [1.82, 2.24) is 20.5 Å². The topological polar surface area (TPSA) is 99.9 Å². The lowest BCUT2D eigenvalue weighted by Gasteiger charge is -2.26. The molecule has 3 N–H and O–H groups in total. The van der Waals surface area contributed by atoms with E-state index >= 15 is 0 Å². The third-order valence-corrected chi connectivity index (χ3v) is 3.78. The van der Waals surface area contributed by atoms with E-state index in [4.69, 9.17) is 4.74 Å². The van der Waals surface area contributed by atoms with Gasteiger partial charge in [0.25, 0.3) is 0 Å². The minimum atomic E-state index is -0.383. The summed E-state index contributed by atoms with van der Waals surface area (Å²) in [6.07, 6.45) is 6.75. The molecule has 0 aliphatic heterocycles. The average molecular weight is 296 g/mol. The number of amides is 1. The Hall–Kier alpha value is -1.63. The van der Waals surface area contributed by atoms with Crippen LogP contribution in [0.2, 0.25) is 0 Å². The summed E-state index contributed by atoms with van der Waals surface area (Å²) in [5.74, 6) is 0.461. The summed E-state index contributed by atoms with van der Waals surface area (Å²) in [7, 11) is 0. The Labute approximate surface area is 123 Å². The van der Waals surface area contributed by atoms with E-state index < -0.39 is 0 Å². The fourth-order valence-corrected chi connectivity index (χ4v) is 2.62. The van der Waals surface area contributed by atoms with Crippen LogP contribution in [-0.4, -0.2) is 39.8 Å². The molecular formula is C14H24N4O3. The zero-order valence-electron chi connectivity index (χ0n) is 12.5. The van der Waals surface area contributed by atoms with E-state index in [0.29, 0.717) is 25.2 Å². The molecule has 1 saturated carbocycles. The number of hydrogen-bond donors (Lipinski definition) is 3. The Morgan fingerprint density at radius 2 is 2.19 bits per heavy atom. The molecule has 118 valence electrons. The maximum Gasteiger partial charge on any atom is 0.340 e. The van der Waals surface area contributed by atoms with Crippen molar-refractivity contribution < 1.29 is 9.53 Å². The average Bonchev–Trinajstić information content (AvgIpc) is 2.91. The molecule has 2 rings (SSSR count). The Morgan fingerprint density at radius 1 is 1.43 bits per heavy atom. The number of hydrogen-bond acceptors (Lipinski definition) is 4. The minimum Gasteiger partial charge on any atom is -0.365 e. The first kappa shape index (κ1) is 15.8. The second-order valence-corrected chi connectivity index (χ2v) is 5.46. The van der Waals surface area contributed by atoms with Crippen LogP contribution in [0.3, 0.4) is 0 Å². The first-order chi connectivity index (χ1) is 10.2. The van der Waals surface area contributed by atoms with Crippen molar-refractivity contribution >= 4 is 5.91 Å². The molecular weight excluding hydrogens is 272 g/mol. The highest BCUT2D eigenvalue weighted by atomic mass is 16.5. The van der Waals surface area contributed by atoms with Gasteiger partial charge in [0, 0.05) is 13.0 Å². The lowest BCUT2D eigenvalue weighted by molar-refractivity contribution is -0.138. The van der Waals surface area contributed by atoms with Crippen LogP contribution in [0.1, 0.15) is 51.3 Å². The van der Waals surface area contributed by atoms with E-state index in [1.54, 1.807) is 0 Å². The van der Waals surface area contributed by atoms with Gasteiger partial charge in [-0.1, -0.05) is 26.2 Å². The Balaban J connectivity index is 1.72. The largest absolute Gasteiger partial charge is 0.365 e. The van der Waals surface area contributed by atoms with Gasteiger partial charge in [-0.25, -0.2) is 9.89 Å². The summed E-state index contributed by atoms with van der Waals surface area (Å²) in [5, 5.41) is 8.93. The van der Waals surface area contributed by atoms with Crippen LogP contribution in [0.5, 0.6) is 0 Å². The minimum absolute atomic E-state index is 0.0824. The highest BCUT2D eigenvalue weighted by Crippen LogP contribution is 2.22. The molecule has 1 aliphatic carbocycles. The van der Waals surface area contributed by atoms with E-state index in [1.807, 2.05) is 6.92 Å². The van der Waals surface area contributed by atoms with Gasteiger partial charge >= 0.3 is 5.69 Å². The molecule has 1 atom stereocenters. The van der Waals surface area contributed by atoms with Crippen molar-refractivity contribution in [3.63, 3.8) is 0 Å². The van der Waals surface area contributed by atoms with Crippen LogP contribution in [-0.2, 0) is 16.0 Å². The van der Waals surface area contributed by atoms with Gasteiger partial charge in [-0.2, -0.15) is 5.10 Å². The molecule has 7 heteroatoms. The van der Waals surface area contributed by atoms with E-state index in [0.717, 1.165) is 12.8 Å². The lowest BCUT2D eigenvalue weighted by atomic mass is 9.97. The number of aromatic amines is 2. The molecule has 1 aliphatic rings. The maximum absolute atomic E-state index is 12.1. The highest BCUT2D eigenvalue weighted by Gasteiger charge is 2.23. The summed E-state index contributed by atoms with van der Waals surface area (Å²) in [4.78, 5) is 25.5. The monoisotopic (exact) mass is 296 g/mol. The fourth-order valence-electron chi connectivity index (χ4n) is 2.62. The molecule has 0 radical (unpaired) electrons. The fraction of sp³-hybridized carbons (Fsp3) is 0.786. The number of ether oxygens (including phenoxy) is 1. The highest BCUT2D eigenvalue weighted by molar-refractivity contribution is 5.80. The van der Waals surface area contributed by atoms with Crippen molar-refractivity contribution in [3.05, 3.63) is 16.3 Å². The van der Waals surface area contributed by atoms with Crippen LogP contribution >= 0.6 is 0 Å². The standard InChI is InChI=1S/C14H24N4O3/c1-2-11(21-10-6-4-3-5-7-10)13(19)15-9-8-12-16-14(20)18-17-12/h10-11H,2-9H2,1H3,(H,15,19)(H2,16,17,18,20)/t11-/m0/s1. The molecule has 1 aromatic rings. The van der Waals surface area contributed by atoms with E-state index in [1.165, 1.54) is 19.3 Å². The Kier molecular flexibility index (Phi) is 5.98. The number of aromatic nitrogens is 3. The van der Waals surface area contributed by atoms with Crippen molar-refractivity contribution in [1.29, 1.82) is 0 Å². The lowest BCUT2D eigenvalue weighted by Crippen LogP contribution is -2.39. The third-order valence-electron chi connectivity index (χ3n) is 3.78. The number of carbonyl (C=O) groups excluding carboxylic acids is 1. The van der Waals surface area contributed by atoms with E-state index in [9.17, 15) is 9.59 Å². The molecule has 0 saturated heterocycles. The van der Waals surface area contributed by atoms with Crippen LogP contribution in [0.15, 0.2) is 4.79 Å². The first-order valence-corrected chi connectivity index (χ1v) is 7.75. The van der Waals surface area contributed by atoms with Gasteiger partial charge in [-0.15, -0.1) is 0 Å². The normalized spacial score (nSPS) is 17.6. The predicted molar refractivity (Wildman–Crippen MR) is 78.0 cm³/mol. The maximum atomic E-state index is 12.1.